The molecule has 0 atom stereocenters. The molecule has 0 aliphatic carbocycles. The largest absolute Gasteiger partial charge is 0.243 e. The Labute approximate surface area is 86.4 Å². The smallest absolute Gasteiger partial charge is 0.0116 e. The lowest BCUT2D eigenvalue weighted by Crippen LogP contribution is -2.51. The molecule has 4 heteroatoms. The van der Waals surface area contributed by atoms with Crippen molar-refractivity contribution in [3.8, 4) is 0 Å². The van der Waals surface area contributed by atoms with Gasteiger partial charge in [-0.15, -0.1) is 0 Å². The first-order chi connectivity index (χ1) is 7.00. The van der Waals surface area contributed by atoms with Crippen molar-refractivity contribution in [2.45, 2.75) is 38.5 Å². The Kier molecular flexibility index (Phi) is 7.61. The minimum absolute atomic E-state index is 0.985. The number of allylic oxidation sites excluding steroid dienone is 2. The van der Waals surface area contributed by atoms with Gasteiger partial charge < -0.3 is 0 Å². The van der Waals surface area contributed by atoms with E-state index < -0.39 is 0 Å². The molecule has 1 aliphatic heterocycles. The average Bonchev–Trinajstić information content (AvgIpc) is 2.22. The van der Waals surface area contributed by atoms with Crippen LogP contribution in [0, 0.1) is 0 Å². The fraction of sp³-hybridized carbons (Fsp3) is 0.800. The van der Waals surface area contributed by atoms with Crippen LogP contribution in [0.3, 0.4) is 0 Å². The second-order valence-corrected chi connectivity index (χ2v) is 3.57. The van der Waals surface area contributed by atoms with Gasteiger partial charge in [0.15, 0.2) is 0 Å². The highest BCUT2D eigenvalue weighted by molar-refractivity contribution is 4.81. The predicted octanol–water partition coefficient (Wildman–Crippen LogP) is 1.00. The van der Waals surface area contributed by atoms with Crippen LogP contribution in [0.4, 0.5) is 0 Å². The molecule has 0 radical (unpaired) electrons. The second kappa shape index (κ2) is 9.15. The van der Waals surface area contributed by atoms with E-state index in [9.17, 15) is 0 Å². The average molecular weight is 198 g/mol. The highest BCUT2D eigenvalue weighted by Gasteiger charge is 1.90. The lowest BCUT2D eigenvalue weighted by atomic mass is 10.1. The maximum absolute atomic E-state index is 3.10. The molecule has 0 saturated carbocycles. The number of hydrazine groups is 3. The van der Waals surface area contributed by atoms with E-state index >= 15 is 0 Å². The molecule has 0 spiro atoms. The summed E-state index contributed by atoms with van der Waals surface area (Å²) in [6, 6.07) is 0. The van der Waals surface area contributed by atoms with Crippen molar-refractivity contribution in [3.63, 3.8) is 0 Å². The van der Waals surface area contributed by atoms with Crippen LogP contribution in [0.1, 0.15) is 38.5 Å². The monoisotopic (exact) mass is 198 g/mol. The first-order valence-electron chi connectivity index (χ1n) is 5.61. The maximum atomic E-state index is 3.10. The summed E-state index contributed by atoms with van der Waals surface area (Å²) in [7, 11) is 0. The van der Waals surface area contributed by atoms with Crippen molar-refractivity contribution in [1.82, 2.24) is 21.9 Å². The minimum Gasteiger partial charge on any atom is -0.243 e. The zero-order valence-electron chi connectivity index (χ0n) is 8.81. The summed E-state index contributed by atoms with van der Waals surface area (Å²) in [5.74, 6) is 0. The van der Waals surface area contributed by atoms with Gasteiger partial charge in [0.25, 0.3) is 0 Å². The van der Waals surface area contributed by atoms with E-state index in [1.165, 1.54) is 38.5 Å². The van der Waals surface area contributed by atoms with E-state index in [4.69, 9.17) is 0 Å². The highest BCUT2D eigenvalue weighted by atomic mass is 15.7. The Morgan fingerprint density at radius 2 is 1.29 bits per heavy atom. The Bertz CT molecular complexity index is 131. The summed E-state index contributed by atoms with van der Waals surface area (Å²) in [4.78, 5) is 0. The van der Waals surface area contributed by atoms with E-state index in [0.717, 1.165) is 13.1 Å². The molecule has 0 fully saturated rings. The molecule has 0 bridgehead atoms. The van der Waals surface area contributed by atoms with Crippen molar-refractivity contribution in [2.24, 2.45) is 0 Å². The van der Waals surface area contributed by atoms with E-state index in [1.54, 1.807) is 0 Å². The molecule has 14 heavy (non-hydrogen) atoms. The molecular formula is C10H22N4. The van der Waals surface area contributed by atoms with Gasteiger partial charge in [0.05, 0.1) is 0 Å². The molecule has 1 rings (SSSR count). The third-order valence-corrected chi connectivity index (χ3v) is 2.25. The minimum atomic E-state index is 0.985. The van der Waals surface area contributed by atoms with Crippen LogP contribution in [0.5, 0.6) is 0 Å². The topological polar surface area (TPSA) is 48.1 Å². The normalized spacial score (nSPS) is 22.9. The third-order valence-electron chi connectivity index (χ3n) is 2.25. The van der Waals surface area contributed by atoms with Crippen LogP contribution >= 0.6 is 0 Å². The van der Waals surface area contributed by atoms with E-state index in [2.05, 4.69) is 34.1 Å². The van der Waals surface area contributed by atoms with Gasteiger partial charge in [0.1, 0.15) is 0 Å². The molecule has 0 amide bonds. The number of hydrogen-bond donors (Lipinski definition) is 4. The molecule has 4 nitrogen and oxygen atoms in total. The van der Waals surface area contributed by atoms with Gasteiger partial charge in [-0.2, -0.15) is 11.1 Å². The van der Waals surface area contributed by atoms with Gasteiger partial charge in [-0.25, -0.2) is 10.9 Å². The van der Waals surface area contributed by atoms with Gasteiger partial charge in [-0.3, -0.25) is 0 Å². The first kappa shape index (κ1) is 11.7. The Hall–Kier alpha value is -0.420. The summed E-state index contributed by atoms with van der Waals surface area (Å²) in [6.07, 6.45) is 12.0. The summed E-state index contributed by atoms with van der Waals surface area (Å²) in [5, 5.41) is 0. The maximum Gasteiger partial charge on any atom is 0.0116 e. The van der Waals surface area contributed by atoms with E-state index in [0.29, 0.717) is 0 Å². The van der Waals surface area contributed by atoms with Gasteiger partial charge in [-0.05, 0) is 32.1 Å². The number of hydrogen-bond acceptors (Lipinski definition) is 4. The van der Waals surface area contributed by atoms with Crippen LogP contribution in [0.15, 0.2) is 12.2 Å². The predicted molar refractivity (Wildman–Crippen MR) is 59.1 cm³/mol. The van der Waals surface area contributed by atoms with Crippen LogP contribution in [-0.2, 0) is 0 Å². The molecule has 4 N–H and O–H groups in total. The molecule has 0 unspecified atom stereocenters. The molecule has 82 valence electrons. The van der Waals surface area contributed by atoms with Crippen LogP contribution in [0.2, 0.25) is 0 Å². The van der Waals surface area contributed by atoms with Crippen LogP contribution < -0.4 is 21.9 Å². The lowest BCUT2D eigenvalue weighted by Gasteiger charge is -2.09. The van der Waals surface area contributed by atoms with Gasteiger partial charge in [0, 0.05) is 13.1 Å². The molecule has 1 heterocycles. The number of nitrogens with one attached hydrogen (secondary N) is 4. The van der Waals surface area contributed by atoms with Gasteiger partial charge in [0.2, 0.25) is 0 Å². The standard InChI is InChI=1S/C10H22N4/c1-2-4-6-8-10-12-14-13-11-9-7-5-3-1/h1,3,11-14H,2,4-10H2. The molecule has 0 aromatic carbocycles. The van der Waals surface area contributed by atoms with Gasteiger partial charge in [-0.1, -0.05) is 18.6 Å². The molecular weight excluding hydrogens is 176 g/mol. The Morgan fingerprint density at radius 1 is 0.643 bits per heavy atom. The van der Waals surface area contributed by atoms with E-state index in [1.807, 2.05) is 0 Å². The fourth-order valence-electron chi connectivity index (χ4n) is 1.41. The lowest BCUT2D eigenvalue weighted by molar-refractivity contribution is 0.363. The molecule has 0 aromatic heterocycles. The third kappa shape index (κ3) is 7.03. The van der Waals surface area contributed by atoms with Crippen molar-refractivity contribution in [2.75, 3.05) is 13.1 Å². The Morgan fingerprint density at radius 3 is 2.07 bits per heavy atom. The summed E-state index contributed by atoms with van der Waals surface area (Å²) < 4.78 is 0. The molecule has 0 aromatic rings. The summed E-state index contributed by atoms with van der Waals surface area (Å²) >= 11 is 0. The van der Waals surface area contributed by atoms with Crippen molar-refractivity contribution in [3.05, 3.63) is 12.2 Å². The second-order valence-electron chi connectivity index (χ2n) is 3.57. The molecule has 1 aliphatic rings. The molecule has 0 saturated heterocycles. The van der Waals surface area contributed by atoms with Crippen LogP contribution in [-0.4, -0.2) is 13.1 Å². The zero-order valence-corrected chi connectivity index (χ0v) is 8.81. The summed E-state index contributed by atoms with van der Waals surface area (Å²) in [6.45, 7) is 2.00. The van der Waals surface area contributed by atoms with Crippen molar-refractivity contribution >= 4 is 0 Å². The zero-order chi connectivity index (χ0) is 9.90. The van der Waals surface area contributed by atoms with Crippen molar-refractivity contribution < 1.29 is 0 Å². The quantitative estimate of drug-likeness (QED) is 0.439. The van der Waals surface area contributed by atoms with E-state index in [-0.39, 0.29) is 0 Å². The first-order valence-corrected chi connectivity index (χ1v) is 5.61. The van der Waals surface area contributed by atoms with Gasteiger partial charge >= 0.3 is 0 Å². The van der Waals surface area contributed by atoms with Crippen LogP contribution in [0.25, 0.3) is 0 Å². The Balaban J connectivity index is 2.09. The SMILES string of the molecule is C1=CCCCNNNNCCCCC1. The van der Waals surface area contributed by atoms with Crippen molar-refractivity contribution in [1.29, 1.82) is 0 Å². The summed E-state index contributed by atoms with van der Waals surface area (Å²) in [5.41, 5.74) is 12.0. The fourth-order valence-corrected chi connectivity index (χ4v) is 1.41. The number of rotatable bonds is 0. The highest BCUT2D eigenvalue weighted by Crippen LogP contribution is 2.01.